The van der Waals surface area contributed by atoms with Crippen molar-refractivity contribution in [2.24, 2.45) is 5.92 Å². The minimum atomic E-state index is -1.07. The first-order valence-electron chi connectivity index (χ1n) is 17.7. The molecule has 0 N–H and O–H groups in total. The molecule has 264 valence electrons. The molecule has 0 bridgehead atoms. The summed E-state index contributed by atoms with van der Waals surface area (Å²) in [5.41, 5.74) is 13.3. The summed E-state index contributed by atoms with van der Waals surface area (Å²) in [7, 11) is -1.07. The van der Waals surface area contributed by atoms with E-state index in [1.807, 2.05) is 0 Å². The van der Waals surface area contributed by atoms with Crippen LogP contribution in [0.25, 0.3) is 32.7 Å². The zero-order valence-corrected chi connectivity index (χ0v) is 37.8. The predicted octanol–water partition coefficient (Wildman–Crippen LogP) is 6.98. The number of fused-ring (bicyclic) bond motifs is 5. The number of hydrogen-bond acceptors (Lipinski definition) is 0. The molecule has 0 amide bonds. The third-order valence-corrected chi connectivity index (χ3v) is 13.4. The zero-order chi connectivity index (χ0) is 35.6. The van der Waals surface area contributed by atoms with E-state index in [0.717, 1.165) is 0 Å². The van der Waals surface area contributed by atoms with Crippen LogP contribution in [0.5, 0.6) is 0 Å². The monoisotopic (exact) mass is 796 g/mol. The number of halogens is 2. The fourth-order valence-corrected chi connectivity index (χ4v) is 10.4. The quantitative estimate of drug-likeness (QED) is 0.152. The van der Waals surface area contributed by atoms with Gasteiger partial charge in [-0.3, -0.25) is 6.08 Å². The fraction of sp³-hybridized carbons (Fsp3) is 0.391. The Morgan fingerprint density at radius 3 is 1.52 bits per heavy atom. The summed E-state index contributed by atoms with van der Waals surface area (Å²) in [6, 6.07) is 20.9. The summed E-state index contributed by atoms with van der Waals surface area (Å²) in [4.78, 5) is 0. The molecule has 1 atom stereocenters. The second-order valence-corrected chi connectivity index (χ2v) is 23.4. The Hall–Kier alpha value is -1.96. The van der Waals surface area contributed by atoms with E-state index in [-0.39, 0.29) is 41.1 Å². The molecule has 0 aromatic heterocycles. The van der Waals surface area contributed by atoms with E-state index in [9.17, 15) is 0 Å². The van der Waals surface area contributed by atoms with E-state index in [2.05, 4.69) is 178 Å². The Labute approximate surface area is 332 Å². The predicted molar refractivity (Wildman–Crippen MR) is 214 cm³/mol. The van der Waals surface area contributed by atoms with E-state index < -0.39 is 8.07 Å². The van der Waals surface area contributed by atoms with Crippen LogP contribution in [0.2, 0.25) is 19.6 Å². The zero-order valence-electron chi connectivity index (χ0n) is 32.8. The first kappa shape index (κ1) is 42.5. The topological polar surface area (TPSA) is 0 Å². The summed E-state index contributed by atoms with van der Waals surface area (Å²) in [5, 5.41) is 7.17. The third-order valence-electron chi connectivity index (χ3n) is 10.4. The third kappa shape index (κ3) is 8.63. The van der Waals surface area contributed by atoms with Gasteiger partial charge in [0.15, 0.2) is 0 Å². The molecule has 0 saturated heterocycles. The van der Waals surface area contributed by atoms with Crippen LogP contribution in [0.15, 0.2) is 83.6 Å². The molecule has 3 aliphatic rings. The molecule has 4 aromatic carbocycles. The molecule has 1 unspecified atom stereocenters. The maximum absolute atomic E-state index is 3.43. The maximum Gasteiger partial charge on any atom is 0.00178 e. The molecule has 3 aliphatic carbocycles. The second-order valence-electron chi connectivity index (χ2n) is 17.6. The average molecular weight is 799 g/mol. The molecular weight excluding hydrogens is 743 g/mol. The molecule has 0 fully saturated rings. The van der Waals surface area contributed by atoms with Gasteiger partial charge in [0.25, 0.3) is 0 Å². The number of hydrogen-bond donors (Lipinski definition) is 0. The van der Waals surface area contributed by atoms with Crippen molar-refractivity contribution in [3.8, 4) is 0 Å². The Kier molecular flexibility index (Phi) is 12.9. The minimum absolute atomic E-state index is 0. The van der Waals surface area contributed by atoms with Gasteiger partial charge in [-0.15, -0.1) is 39.7 Å². The van der Waals surface area contributed by atoms with Crippen molar-refractivity contribution in [2.75, 3.05) is 0 Å². The van der Waals surface area contributed by atoms with E-state index in [4.69, 9.17) is 0 Å². The second kappa shape index (κ2) is 15.2. The van der Waals surface area contributed by atoms with Gasteiger partial charge in [0.2, 0.25) is 0 Å². The van der Waals surface area contributed by atoms with Crippen LogP contribution < -0.4 is 24.8 Å². The molecule has 0 heterocycles. The van der Waals surface area contributed by atoms with Crippen LogP contribution in [0.1, 0.15) is 110 Å². The van der Waals surface area contributed by atoms with Gasteiger partial charge in [-0.05, 0) is 44.2 Å². The summed E-state index contributed by atoms with van der Waals surface area (Å²) < 4.78 is 2.21. The number of allylic oxidation sites excluding steroid dienone is 8. The van der Waals surface area contributed by atoms with Gasteiger partial charge in [-0.25, -0.2) is 10.8 Å². The summed E-state index contributed by atoms with van der Waals surface area (Å²) in [6.45, 7) is 32.1. The van der Waals surface area contributed by atoms with Gasteiger partial charge in [-0.2, -0.15) is 6.08 Å². The van der Waals surface area contributed by atoms with Crippen molar-refractivity contribution >= 4 is 44.5 Å². The molecule has 0 nitrogen and oxygen atoms in total. The molecule has 7 rings (SSSR count). The van der Waals surface area contributed by atoms with Crippen LogP contribution >= 0.6 is 0 Å². The first-order chi connectivity index (χ1) is 22.1. The smallest absolute Gasteiger partial charge is 0.00178 e. The molecule has 4 heteroatoms. The van der Waals surface area contributed by atoms with E-state index in [1.54, 1.807) is 5.20 Å². The molecule has 4 aromatic rings. The van der Waals surface area contributed by atoms with Gasteiger partial charge >= 0.3 is 89.5 Å². The number of benzene rings is 3. The normalized spacial score (nSPS) is 18.2. The van der Waals surface area contributed by atoms with E-state index in [1.165, 1.54) is 95.9 Å². The van der Waals surface area contributed by atoms with Crippen LogP contribution in [-0.4, -0.2) is 11.8 Å². The van der Waals surface area contributed by atoms with Crippen LogP contribution in [0.3, 0.4) is 0 Å². The van der Waals surface area contributed by atoms with Crippen molar-refractivity contribution in [3.05, 3.63) is 123 Å². The summed E-state index contributed by atoms with van der Waals surface area (Å²) in [5.74, 6) is 0.553. The van der Waals surface area contributed by atoms with Crippen molar-refractivity contribution in [1.82, 2.24) is 0 Å². The maximum atomic E-state index is 3.43. The van der Waals surface area contributed by atoms with Crippen molar-refractivity contribution < 1.29 is 49.0 Å². The largest absolute Gasteiger partial charge is 1.00 e. The molecular formula is C46H56Cl2SiZr-2. The SMILES string of the molecule is CC(C)(C)c1ccc([CH]=[Zr+2])cc1.CC1=CC(C)(C)c2cc3[cH-]c4cc5c(cc4c3cc21)C(C)=CC5(C)C.CC1=[C-]C(C)C=C1[Si](C)(C)C.[Cl-].[Cl-]. The Bertz CT molecular complexity index is 1940. The average Bonchev–Trinajstić information content (AvgIpc) is 3.65. The van der Waals surface area contributed by atoms with Crippen LogP contribution in [0, 0.1) is 12.0 Å². The van der Waals surface area contributed by atoms with E-state index in [0.29, 0.717) is 5.92 Å². The molecule has 0 spiro atoms. The molecule has 0 saturated carbocycles. The van der Waals surface area contributed by atoms with Crippen molar-refractivity contribution in [3.63, 3.8) is 0 Å². The van der Waals surface area contributed by atoms with Gasteiger partial charge in [0.1, 0.15) is 0 Å². The van der Waals surface area contributed by atoms with Gasteiger partial charge in [0, 0.05) is 10.8 Å². The Morgan fingerprint density at radius 2 is 1.20 bits per heavy atom. The first-order valence-corrected chi connectivity index (χ1v) is 22.6. The Morgan fingerprint density at radius 1 is 0.760 bits per heavy atom. The Balaban J connectivity index is 0.000000229. The van der Waals surface area contributed by atoms with Gasteiger partial charge < -0.3 is 24.8 Å². The van der Waals surface area contributed by atoms with Crippen molar-refractivity contribution in [2.45, 2.75) is 112 Å². The van der Waals surface area contributed by atoms with Crippen molar-refractivity contribution in [1.29, 1.82) is 0 Å². The molecule has 50 heavy (non-hydrogen) atoms. The van der Waals surface area contributed by atoms with Gasteiger partial charge in [-0.1, -0.05) is 103 Å². The fourth-order valence-electron chi connectivity index (χ4n) is 7.95. The van der Waals surface area contributed by atoms with Gasteiger partial charge in [0.05, 0.1) is 0 Å². The summed E-state index contributed by atoms with van der Waals surface area (Å²) in [6.07, 6.45) is 10.6. The van der Waals surface area contributed by atoms with Crippen LogP contribution in [0.4, 0.5) is 0 Å². The van der Waals surface area contributed by atoms with E-state index >= 15 is 0 Å². The molecule has 0 radical (unpaired) electrons. The standard InChI is InChI=1S/C25H25.C11H14.C10H17Si.2ClH.Zr/c1-14-12-24(3,4)22-8-16-7-17-9-23-19(15(2)13-25(23,5)6)11-21(17)20(16)10-18(14)22;1-9-5-7-10(8-6-9)11(2,3)4;1-8-6-9(2)10(7-8)11(3,4)5;;;/h7-13H,1-6H3;1,5-8H,2-4H3;7-8H,1-5H3;2*1H;/q-1;;-1;;;+2/p-2. The van der Waals surface area contributed by atoms with Crippen LogP contribution in [-0.2, 0) is 40.5 Å². The molecule has 0 aliphatic heterocycles. The minimum Gasteiger partial charge on any atom is -1.00 e. The number of rotatable bonds is 2. The summed E-state index contributed by atoms with van der Waals surface area (Å²) >= 11 is 1.46.